The molecule has 0 atom stereocenters. The molecule has 0 radical (unpaired) electrons. The number of dihydropyridines is 1. The summed E-state index contributed by atoms with van der Waals surface area (Å²) in [5.74, 6) is 1.77. The number of nitrogens with one attached hydrogen (secondary N) is 1. The average molecular weight is 150 g/mol. The van der Waals surface area contributed by atoms with Crippen LogP contribution in [0.3, 0.4) is 0 Å². The highest BCUT2D eigenvalue weighted by molar-refractivity contribution is 5.58. The lowest BCUT2D eigenvalue weighted by atomic mass is 10.3. The average Bonchev–Trinajstić information content (AvgIpc) is 2.05. The smallest absolute Gasteiger partial charge is 0.150 e. The van der Waals surface area contributed by atoms with Crippen LogP contribution in [0.4, 0.5) is 0 Å². The standard InChI is InChI=1S/C8H10N2O/c1-10(2)8-4-3-7(6-11)9-5-8/h3-5,9H,1-2H3. The second kappa shape index (κ2) is 3.08. The highest BCUT2D eigenvalue weighted by atomic mass is 16.1. The molecule has 3 nitrogen and oxygen atoms in total. The van der Waals surface area contributed by atoms with Crippen molar-refractivity contribution in [1.82, 2.24) is 10.2 Å². The maximum atomic E-state index is 10.1. The number of carbonyl (C=O) groups excluding carboxylic acids is 1. The Hall–Kier alpha value is -1.47. The summed E-state index contributed by atoms with van der Waals surface area (Å²) in [4.78, 5) is 12.1. The van der Waals surface area contributed by atoms with Crippen LogP contribution < -0.4 is 5.32 Å². The summed E-state index contributed by atoms with van der Waals surface area (Å²) in [6.07, 6.45) is 5.32. The molecule has 0 aromatic carbocycles. The lowest BCUT2D eigenvalue weighted by Crippen LogP contribution is -2.17. The molecule has 0 saturated heterocycles. The van der Waals surface area contributed by atoms with Crippen molar-refractivity contribution in [3.05, 3.63) is 29.7 Å². The summed E-state index contributed by atoms with van der Waals surface area (Å²) >= 11 is 0. The van der Waals surface area contributed by atoms with Gasteiger partial charge in [-0.3, -0.25) is 0 Å². The van der Waals surface area contributed by atoms with Gasteiger partial charge in [-0.05, 0) is 12.2 Å². The largest absolute Gasteiger partial charge is 0.376 e. The quantitative estimate of drug-likeness (QED) is 0.544. The third-order valence-electron chi connectivity index (χ3n) is 1.42. The van der Waals surface area contributed by atoms with E-state index in [1.54, 1.807) is 18.2 Å². The highest BCUT2D eigenvalue weighted by Crippen LogP contribution is 2.05. The monoisotopic (exact) mass is 150 g/mol. The van der Waals surface area contributed by atoms with Gasteiger partial charge in [0.25, 0.3) is 0 Å². The molecule has 58 valence electrons. The number of hydrogen-bond acceptors (Lipinski definition) is 3. The molecule has 1 heterocycles. The zero-order valence-corrected chi connectivity index (χ0v) is 6.59. The predicted molar refractivity (Wildman–Crippen MR) is 43.3 cm³/mol. The number of hydrogen-bond donors (Lipinski definition) is 1. The molecule has 1 aliphatic heterocycles. The Bertz CT molecular complexity index is 257. The molecule has 0 aromatic rings. The van der Waals surface area contributed by atoms with Gasteiger partial charge < -0.3 is 10.2 Å². The fraction of sp³-hybridized carbons (Fsp3) is 0.250. The molecule has 3 heteroatoms. The molecular formula is C8H10N2O. The van der Waals surface area contributed by atoms with E-state index < -0.39 is 0 Å². The number of rotatable bonds is 1. The van der Waals surface area contributed by atoms with E-state index in [-0.39, 0.29) is 0 Å². The Kier molecular flexibility index (Phi) is 2.14. The first kappa shape index (κ1) is 7.63. The van der Waals surface area contributed by atoms with Gasteiger partial charge in [0.15, 0.2) is 5.94 Å². The number of allylic oxidation sites excluding steroid dienone is 2. The molecule has 1 aliphatic rings. The fourth-order valence-electron chi connectivity index (χ4n) is 0.758. The molecule has 0 unspecified atom stereocenters. The van der Waals surface area contributed by atoms with Crippen LogP contribution in [0.15, 0.2) is 29.7 Å². The molecule has 1 rings (SSSR count). The summed E-state index contributed by atoms with van der Waals surface area (Å²) in [6, 6.07) is 0. The number of likely N-dealkylation sites (N-methyl/N-ethyl adjacent to an activating group) is 1. The Morgan fingerprint density at radius 3 is 2.55 bits per heavy atom. The van der Waals surface area contributed by atoms with E-state index in [1.165, 1.54) is 0 Å². The van der Waals surface area contributed by atoms with Gasteiger partial charge in [0.2, 0.25) is 0 Å². The van der Waals surface area contributed by atoms with Crippen LogP contribution in [0.5, 0.6) is 0 Å². The molecule has 11 heavy (non-hydrogen) atoms. The maximum Gasteiger partial charge on any atom is 0.150 e. The van der Waals surface area contributed by atoms with E-state index in [0.29, 0.717) is 5.70 Å². The van der Waals surface area contributed by atoms with Crippen molar-refractivity contribution >= 4 is 5.94 Å². The van der Waals surface area contributed by atoms with Crippen molar-refractivity contribution in [2.45, 2.75) is 0 Å². The van der Waals surface area contributed by atoms with E-state index in [2.05, 4.69) is 5.32 Å². The molecular weight excluding hydrogens is 140 g/mol. The van der Waals surface area contributed by atoms with Crippen molar-refractivity contribution in [3.8, 4) is 0 Å². The molecule has 1 N–H and O–H groups in total. The van der Waals surface area contributed by atoms with Crippen LogP contribution in [0.2, 0.25) is 0 Å². The van der Waals surface area contributed by atoms with E-state index in [0.717, 1.165) is 5.70 Å². The van der Waals surface area contributed by atoms with Gasteiger partial charge in [-0.15, -0.1) is 0 Å². The van der Waals surface area contributed by atoms with Gasteiger partial charge in [0.05, 0.1) is 5.70 Å². The Morgan fingerprint density at radius 2 is 2.18 bits per heavy atom. The van der Waals surface area contributed by atoms with Crippen molar-refractivity contribution < 1.29 is 4.79 Å². The first-order chi connectivity index (χ1) is 5.24. The topological polar surface area (TPSA) is 32.3 Å². The van der Waals surface area contributed by atoms with Crippen LogP contribution >= 0.6 is 0 Å². The fourth-order valence-corrected chi connectivity index (χ4v) is 0.758. The van der Waals surface area contributed by atoms with Crippen LogP contribution in [-0.2, 0) is 4.79 Å². The predicted octanol–water partition coefficient (Wildman–Crippen LogP) is 0.264. The third kappa shape index (κ3) is 1.72. The molecule has 0 spiro atoms. The van der Waals surface area contributed by atoms with Crippen LogP contribution in [0, 0.1) is 0 Å². The van der Waals surface area contributed by atoms with Crippen LogP contribution in [-0.4, -0.2) is 24.9 Å². The Labute approximate surface area is 65.7 Å². The van der Waals surface area contributed by atoms with E-state index in [1.807, 2.05) is 25.1 Å². The van der Waals surface area contributed by atoms with Gasteiger partial charge in [0, 0.05) is 20.3 Å². The molecule has 0 saturated carbocycles. The van der Waals surface area contributed by atoms with Gasteiger partial charge in [0.1, 0.15) is 5.70 Å². The number of nitrogens with zero attached hydrogens (tertiary/aromatic N) is 1. The lowest BCUT2D eigenvalue weighted by molar-refractivity contribution is 0.523. The molecule has 0 aromatic heterocycles. The van der Waals surface area contributed by atoms with E-state index in [4.69, 9.17) is 0 Å². The van der Waals surface area contributed by atoms with Crippen molar-refractivity contribution in [1.29, 1.82) is 0 Å². The molecule has 0 amide bonds. The summed E-state index contributed by atoms with van der Waals surface area (Å²) < 4.78 is 0. The lowest BCUT2D eigenvalue weighted by Gasteiger charge is -2.16. The summed E-state index contributed by atoms with van der Waals surface area (Å²) in [5, 5.41) is 2.80. The van der Waals surface area contributed by atoms with Crippen molar-refractivity contribution in [3.63, 3.8) is 0 Å². The van der Waals surface area contributed by atoms with Crippen LogP contribution in [0.25, 0.3) is 0 Å². The summed E-state index contributed by atoms with van der Waals surface area (Å²) in [5.41, 5.74) is 1.50. The van der Waals surface area contributed by atoms with Gasteiger partial charge in [-0.2, -0.15) is 0 Å². The molecule has 0 aliphatic carbocycles. The second-order valence-electron chi connectivity index (χ2n) is 2.46. The minimum atomic E-state index is 0.468. The second-order valence-corrected chi connectivity index (χ2v) is 2.46. The minimum Gasteiger partial charge on any atom is -0.376 e. The van der Waals surface area contributed by atoms with E-state index >= 15 is 0 Å². The minimum absolute atomic E-state index is 0.468. The zero-order chi connectivity index (χ0) is 8.27. The normalized spacial score (nSPS) is 15.1. The third-order valence-corrected chi connectivity index (χ3v) is 1.42. The van der Waals surface area contributed by atoms with Crippen molar-refractivity contribution in [2.75, 3.05) is 14.1 Å². The Balaban J connectivity index is 2.75. The van der Waals surface area contributed by atoms with Gasteiger partial charge in [-0.25, -0.2) is 4.79 Å². The first-order valence-corrected chi connectivity index (χ1v) is 3.31. The zero-order valence-electron chi connectivity index (χ0n) is 6.59. The van der Waals surface area contributed by atoms with Gasteiger partial charge >= 0.3 is 0 Å². The SMILES string of the molecule is CN(C)C1=CNC(=C=O)C=C1. The van der Waals surface area contributed by atoms with Gasteiger partial charge in [-0.1, -0.05) is 0 Å². The summed E-state index contributed by atoms with van der Waals surface area (Å²) in [7, 11) is 3.88. The van der Waals surface area contributed by atoms with Crippen molar-refractivity contribution in [2.24, 2.45) is 0 Å². The molecule has 0 bridgehead atoms. The van der Waals surface area contributed by atoms with E-state index in [9.17, 15) is 4.79 Å². The molecule has 0 fully saturated rings. The Morgan fingerprint density at radius 1 is 1.45 bits per heavy atom. The van der Waals surface area contributed by atoms with Crippen LogP contribution in [0.1, 0.15) is 0 Å². The maximum absolute atomic E-state index is 10.1. The summed E-state index contributed by atoms with van der Waals surface area (Å²) in [6.45, 7) is 0. The first-order valence-electron chi connectivity index (χ1n) is 3.31. The highest BCUT2D eigenvalue weighted by Gasteiger charge is 2.00.